The molecule has 0 aliphatic carbocycles. The van der Waals surface area contributed by atoms with Gasteiger partial charge in [0.15, 0.2) is 0 Å². The number of benzene rings is 1. The van der Waals surface area contributed by atoms with Gasteiger partial charge in [-0.05, 0) is 31.5 Å². The van der Waals surface area contributed by atoms with E-state index >= 15 is 0 Å². The predicted molar refractivity (Wildman–Crippen MR) is 102 cm³/mol. The average molecular weight is 391 g/mol. The molecule has 0 spiro atoms. The number of amides is 2. The van der Waals surface area contributed by atoms with Crippen molar-refractivity contribution in [2.45, 2.75) is 12.5 Å². The Balaban J connectivity index is 0.00000576. The van der Waals surface area contributed by atoms with Crippen LogP contribution in [0.4, 0.5) is 5.69 Å². The zero-order valence-electron chi connectivity index (χ0n) is 14.1. The fraction of sp³-hybridized carbons (Fsp3) is 0.467. The van der Waals surface area contributed by atoms with Gasteiger partial charge < -0.3 is 16.0 Å². The first kappa shape index (κ1) is 23.2. The van der Waals surface area contributed by atoms with Crippen molar-refractivity contribution in [2.24, 2.45) is 0 Å². The van der Waals surface area contributed by atoms with Gasteiger partial charge in [0.1, 0.15) is 6.04 Å². The number of halogens is 1. The Kier molecular flexibility index (Phi) is 11.6. The van der Waals surface area contributed by atoms with Crippen molar-refractivity contribution in [2.75, 3.05) is 32.1 Å². The lowest BCUT2D eigenvalue weighted by molar-refractivity contribution is -0.384. The second-order valence-electron chi connectivity index (χ2n) is 5.01. The van der Waals surface area contributed by atoms with E-state index in [2.05, 4.69) is 16.0 Å². The number of nitrogens with zero attached hydrogens (tertiary/aromatic N) is 1. The maximum absolute atomic E-state index is 12.3. The second kappa shape index (κ2) is 12.5. The number of nitro benzene ring substituents is 1. The zero-order valence-corrected chi connectivity index (χ0v) is 15.7. The molecule has 1 unspecified atom stereocenters. The van der Waals surface area contributed by atoms with E-state index in [9.17, 15) is 19.7 Å². The van der Waals surface area contributed by atoms with Crippen molar-refractivity contribution < 1.29 is 14.5 Å². The molecular formula is C15H23ClN4O4S. The molecule has 2 amide bonds. The summed E-state index contributed by atoms with van der Waals surface area (Å²) in [5.74, 6) is -0.0639. The van der Waals surface area contributed by atoms with Crippen molar-refractivity contribution in [1.82, 2.24) is 16.0 Å². The van der Waals surface area contributed by atoms with E-state index in [0.717, 1.165) is 0 Å². The van der Waals surface area contributed by atoms with Crippen LogP contribution in [0.1, 0.15) is 16.8 Å². The third-order valence-corrected chi connectivity index (χ3v) is 3.87. The zero-order chi connectivity index (χ0) is 17.9. The van der Waals surface area contributed by atoms with Crippen molar-refractivity contribution >= 4 is 41.7 Å². The first-order chi connectivity index (χ1) is 11.5. The maximum Gasteiger partial charge on any atom is 0.270 e. The highest BCUT2D eigenvalue weighted by Crippen LogP contribution is 2.13. The Morgan fingerprint density at radius 3 is 2.64 bits per heavy atom. The Bertz CT molecular complexity index is 588. The smallest absolute Gasteiger partial charge is 0.270 e. The molecule has 1 aromatic rings. The molecule has 0 aromatic heterocycles. The van der Waals surface area contributed by atoms with Crippen molar-refractivity contribution in [3.8, 4) is 0 Å². The van der Waals surface area contributed by atoms with Gasteiger partial charge in [0, 0.05) is 30.8 Å². The number of carbonyl (C=O) groups is 2. The summed E-state index contributed by atoms with van der Waals surface area (Å²) in [6.07, 6.45) is 2.39. The quantitative estimate of drug-likeness (QED) is 0.314. The molecule has 0 radical (unpaired) electrons. The number of hydrogen-bond donors (Lipinski definition) is 3. The van der Waals surface area contributed by atoms with Crippen LogP contribution in [-0.4, -0.2) is 54.9 Å². The summed E-state index contributed by atoms with van der Waals surface area (Å²) >= 11 is 1.57. The van der Waals surface area contributed by atoms with Gasteiger partial charge in [-0.3, -0.25) is 19.7 Å². The molecule has 3 N–H and O–H groups in total. The van der Waals surface area contributed by atoms with E-state index in [1.165, 1.54) is 24.3 Å². The molecule has 1 atom stereocenters. The average Bonchev–Trinajstić information content (AvgIpc) is 2.58. The summed E-state index contributed by atoms with van der Waals surface area (Å²) < 4.78 is 0. The molecule has 1 aromatic carbocycles. The van der Waals surface area contributed by atoms with Gasteiger partial charge in [-0.1, -0.05) is 6.07 Å². The third kappa shape index (κ3) is 8.19. The molecule has 0 saturated heterocycles. The van der Waals surface area contributed by atoms with Gasteiger partial charge in [-0.25, -0.2) is 0 Å². The van der Waals surface area contributed by atoms with Crippen molar-refractivity contribution in [3.05, 3.63) is 39.9 Å². The van der Waals surface area contributed by atoms with Gasteiger partial charge >= 0.3 is 0 Å². The highest BCUT2D eigenvalue weighted by molar-refractivity contribution is 7.98. The number of likely N-dealkylation sites (N-methyl/N-ethyl adjacent to an activating group) is 1. The largest absolute Gasteiger partial charge is 0.353 e. The Labute approximate surface area is 157 Å². The van der Waals surface area contributed by atoms with E-state index in [4.69, 9.17) is 0 Å². The first-order valence-electron chi connectivity index (χ1n) is 7.46. The van der Waals surface area contributed by atoms with Gasteiger partial charge in [0.2, 0.25) is 5.91 Å². The fourth-order valence-electron chi connectivity index (χ4n) is 1.94. The van der Waals surface area contributed by atoms with Crippen LogP contribution in [0, 0.1) is 10.1 Å². The van der Waals surface area contributed by atoms with E-state index in [1.807, 2.05) is 6.26 Å². The van der Waals surface area contributed by atoms with Crippen molar-refractivity contribution in [1.29, 1.82) is 0 Å². The van der Waals surface area contributed by atoms with Crippen LogP contribution in [-0.2, 0) is 4.79 Å². The highest BCUT2D eigenvalue weighted by Gasteiger charge is 2.21. The summed E-state index contributed by atoms with van der Waals surface area (Å²) in [5.41, 5.74) is -0.0110. The predicted octanol–water partition coefficient (Wildman–Crippen LogP) is 1.20. The van der Waals surface area contributed by atoms with Crippen LogP contribution in [0.25, 0.3) is 0 Å². The van der Waals surface area contributed by atoms with Gasteiger partial charge in [-0.15, -0.1) is 12.4 Å². The van der Waals surface area contributed by atoms with Crippen LogP contribution >= 0.6 is 24.2 Å². The molecule has 8 nitrogen and oxygen atoms in total. The van der Waals surface area contributed by atoms with E-state index in [0.29, 0.717) is 25.3 Å². The Hall–Kier alpha value is -1.84. The summed E-state index contributed by atoms with van der Waals surface area (Å²) in [4.78, 5) is 34.7. The topological polar surface area (TPSA) is 113 Å². The second-order valence-corrected chi connectivity index (χ2v) is 6.00. The molecule has 1 rings (SSSR count). The fourth-order valence-corrected chi connectivity index (χ4v) is 2.41. The number of carbonyl (C=O) groups excluding carboxylic acids is 2. The molecule has 25 heavy (non-hydrogen) atoms. The normalized spacial score (nSPS) is 11.1. The SMILES string of the molecule is CNCCNC(=O)C(CCSC)NC(=O)c1cccc([N+](=O)[O-])c1.Cl. The van der Waals surface area contributed by atoms with Gasteiger partial charge in [0.25, 0.3) is 11.6 Å². The number of thioether (sulfide) groups is 1. The van der Waals surface area contributed by atoms with Crippen LogP contribution in [0.15, 0.2) is 24.3 Å². The lowest BCUT2D eigenvalue weighted by atomic mass is 10.1. The van der Waals surface area contributed by atoms with E-state index < -0.39 is 16.9 Å². The Morgan fingerprint density at radius 2 is 2.04 bits per heavy atom. The summed E-state index contributed by atoms with van der Waals surface area (Å²) in [5, 5.41) is 19.1. The van der Waals surface area contributed by atoms with Crippen molar-refractivity contribution in [3.63, 3.8) is 0 Å². The monoisotopic (exact) mass is 390 g/mol. The number of nitro groups is 1. The molecule has 0 aliphatic rings. The first-order valence-corrected chi connectivity index (χ1v) is 8.85. The number of non-ortho nitro benzene ring substituents is 1. The van der Waals surface area contributed by atoms with Crippen LogP contribution in [0.2, 0.25) is 0 Å². The third-order valence-electron chi connectivity index (χ3n) is 3.23. The minimum Gasteiger partial charge on any atom is -0.353 e. The summed E-state index contributed by atoms with van der Waals surface area (Å²) in [7, 11) is 1.78. The number of nitrogens with one attached hydrogen (secondary N) is 3. The molecule has 0 heterocycles. The number of rotatable bonds is 10. The van der Waals surface area contributed by atoms with Crippen LogP contribution < -0.4 is 16.0 Å². The minimum absolute atomic E-state index is 0. The lowest BCUT2D eigenvalue weighted by Crippen LogP contribution is -2.48. The molecule has 10 heteroatoms. The van der Waals surface area contributed by atoms with Crippen LogP contribution in [0.3, 0.4) is 0 Å². The molecule has 0 fully saturated rings. The molecular weight excluding hydrogens is 368 g/mol. The Morgan fingerprint density at radius 1 is 1.32 bits per heavy atom. The standard InChI is InChI=1S/C15H22N4O4S.ClH/c1-16-7-8-17-15(21)13(6-9-24-2)18-14(20)11-4-3-5-12(10-11)19(22)23;/h3-5,10,13,16H,6-9H2,1-2H3,(H,17,21)(H,18,20);1H. The van der Waals surface area contributed by atoms with Gasteiger partial charge in [0.05, 0.1) is 4.92 Å². The van der Waals surface area contributed by atoms with Crippen LogP contribution in [0.5, 0.6) is 0 Å². The molecule has 140 valence electrons. The summed E-state index contributed by atoms with van der Waals surface area (Å²) in [6.45, 7) is 1.08. The maximum atomic E-state index is 12.3. The highest BCUT2D eigenvalue weighted by atomic mass is 35.5. The minimum atomic E-state index is -0.680. The van der Waals surface area contributed by atoms with E-state index in [-0.39, 0.29) is 29.6 Å². The molecule has 0 saturated carbocycles. The summed E-state index contributed by atoms with van der Waals surface area (Å²) in [6, 6.07) is 4.75. The van der Waals surface area contributed by atoms with E-state index in [1.54, 1.807) is 18.8 Å². The van der Waals surface area contributed by atoms with Gasteiger partial charge in [-0.2, -0.15) is 11.8 Å². The molecule has 0 bridgehead atoms. The molecule has 0 aliphatic heterocycles. The lowest BCUT2D eigenvalue weighted by Gasteiger charge is -2.18. The number of hydrogen-bond acceptors (Lipinski definition) is 6.